The Hall–Kier alpha value is -2.48. The number of urea groups is 1. The lowest BCUT2D eigenvalue weighted by molar-refractivity contribution is -0.120. The lowest BCUT2D eigenvalue weighted by atomic mass is 10.2. The van der Waals surface area contributed by atoms with E-state index in [1.54, 1.807) is 18.2 Å². The zero-order valence-corrected chi connectivity index (χ0v) is 14.7. The van der Waals surface area contributed by atoms with Gasteiger partial charge in [0.05, 0.1) is 6.54 Å². The van der Waals surface area contributed by atoms with Gasteiger partial charge in [-0.05, 0) is 41.5 Å². The quantitative estimate of drug-likeness (QED) is 0.683. The summed E-state index contributed by atoms with van der Waals surface area (Å²) < 4.78 is 26.6. The monoisotopic (exact) mass is 411 g/mol. The standard InChI is InChI=1S/C17H16BrF2N3O2/c18-15-6-5-14(20)7-12(15)9-21-16(24)10-23-17(25)22-8-11-1-3-13(19)4-2-11/h1-7H,8-10H2,(H,21,24)(H2,22,23,25). The van der Waals surface area contributed by atoms with Gasteiger partial charge in [0.1, 0.15) is 11.6 Å². The van der Waals surface area contributed by atoms with Crippen molar-refractivity contribution >= 4 is 27.9 Å². The maximum absolute atomic E-state index is 13.2. The molecule has 0 saturated carbocycles. The summed E-state index contributed by atoms with van der Waals surface area (Å²) in [5.74, 6) is -1.16. The molecule has 2 rings (SSSR count). The number of hydrogen-bond donors (Lipinski definition) is 3. The van der Waals surface area contributed by atoms with Crippen LogP contribution in [0.25, 0.3) is 0 Å². The molecule has 0 spiro atoms. The van der Waals surface area contributed by atoms with Crippen molar-refractivity contribution < 1.29 is 18.4 Å². The first-order chi connectivity index (χ1) is 11.9. The average molecular weight is 412 g/mol. The summed E-state index contributed by atoms with van der Waals surface area (Å²) in [6, 6.07) is 9.36. The van der Waals surface area contributed by atoms with Crippen LogP contribution >= 0.6 is 15.9 Å². The molecule has 8 heteroatoms. The van der Waals surface area contributed by atoms with Crippen LogP contribution in [0.15, 0.2) is 46.9 Å². The van der Waals surface area contributed by atoms with Crippen LogP contribution in [0.3, 0.4) is 0 Å². The van der Waals surface area contributed by atoms with E-state index in [1.165, 1.54) is 24.3 Å². The van der Waals surface area contributed by atoms with Gasteiger partial charge in [0.2, 0.25) is 5.91 Å². The molecule has 0 aliphatic rings. The van der Waals surface area contributed by atoms with Crippen LogP contribution in [0.1, 0.15) is 11.1 Å². The molecule has 2 aromatic rings. The fraction of sp³-hybridized carbons (Fsp3) is 0.176. The Morgan fingerprint density at radius 2 is 1.56 bits per heavy atom. The van der Waals surface area contributed by atoms with E-state index in [0.717, 1.165) is 5.56 Å². The highest BCUT2D eigenvalue weighted by Crippen LogP contribution is 2.17. The first-order valence-corrected chi connectivity index (χ1v) is 8.20. The first-order valence-electron chi connectivity index (χ1n) is 7.41. The van der Waals surface area contributed by atoms with Crippen molar-refractivity contribution in [3.05, 3.63) is 69.7 Å². The fourth-order valence-corrected chi connectivity index (χ4v) is 2.33. The van der Waals surface area contributed by atoms with E-state index in [9.17, 15) is 18.4 Å². The largest absolute Gasteiger partial charge is 0.350 e. The summed E-state index contributed by atoms with van der Waals surface area (Å²) >= 11 is 3.27. The lowest BCUT2D eigenvalue weighted by Crippen LogP contribution is -2.41. The van der Waals surface area contributed by atoms with Gasteiger partial charge in [0.25, 0.3) is 0 Å². The minimum atomic E-state index is -0.522. The third kappa shape index (κ3) is 6.50. The van der Waals surface area contributed by atoms with Gasteiger partial charge in [-0.2, -0.15) is 0 Å². The van der Waals surface area contributed by atoms with Gasteiger partial charge < -0.3 is 16.0 Å². The van der Waals surface area contributed by atoms with Gasteiger partial charge in [-0.25, -0.2) is 13.6 Å². The number of halogens is 3. The molecule has 132 valence electrons. The predicted octanol–water partition coefficient (Wildman–Crippen LogP) is 2.84. The third-order valence-corrected chi connectivity index (χ3v) is 4.03. The van der Waals surface area contributed by atoms with Crippen molar-refractivity contribution in [2.24, 2.45) is 0 Å². The number of benzene rings is 2. The minimum absolute atomic E-state index is 0.135. The van der Waals surface area contributed by atoms with Crippen LogP contribution < -0.4 is 16.0 Å². The van der Waals surface area contributed by atoms with E-state index < -0.39 is 17.8 Å². The Kier molecular flexibility index (Phi) is 6.88. The average Bonchev–Trinajstić information content (AvgIpc) is 2.60. The van der Waals surface area contributed by atoms with Crippen LogP contribution in [0.4, 0.5) is 13.6 Å². The predicted molar refractivity (Wildman–Crippen MR) is 92.6 cm³/mol. The highest BCUT2D eigenvalue weighted by atomic mass is 79.9. The molecule has 0 radical (unpaired) electrons. The summed E-state index contributed by atoms with van der Waals surface area (Å²) in [5, 5.41) is 7.54. The van der Waals surface area contributed by atoms with E-state index in [0.29, 0.717) is 10.0 Å². The summed E-state index contributed by atoms with van der Waals surface area (Å²) in [6.07, 6.45) is 0. The van der Waals surface area contributed by atoms with Gasteiger partial charge >= 0.3 is 6.03 Å². The molecular weight excluding hydrogens is 396 g/mol. The molecule has 0 saturated heterocycles. The van der Waals surface area contributed by atoms with E-state index in [1.807, 2.05) is 0 Å². The van der Waals surface area contributed by atoms with Crippen LogP contribution in [-0.4, -0.2) is 18.5 Å². The highest BCUT2D eigenvalue weighted by molar-refractivity contribution is 9.10. The molecule has 2 aromatic carbocycles. The topological polar surface area (TPSA) is 70.2 Å². The Labute approximate surface area is 151 Å². The Morgan fingerprint density at radius 3 is 2.28 bits per heavy atom. The molecule has 0 aliphatic carbocycles. The minimum Gasteiger partial charge on any atom is -0.350 e. The smallest absolute Gasteiger partial charge is 0.315 e. The second-order valence-electron chi connectivity index (χ2n) is 5.18. The van der Waals surface area contributed by atoms with Crippen molar-refractivity contribution in [1.82, 2.24) is 16.0 Å². The molecule has 3 N–H and O–H groups in total. The second kappa shape index (κ2) is 9.12. The van der Waals surface area contributed by atoms with E-state index in [-0.39, 0.29) is 25.5 Å². The third-order valence-electron chi connectivity index (χ3n) is 3.26. The van der Waals surface area contributed by atoms with Gasteiger partial charge in [0.15, 0.2) is 0 Å². The number of carbonyl (C=O) groups excluding carboxylic acids is 2. The van der Waals surface area contributed by atoms with Gasteiger partial charge in [-0.15, -0.1) is 0 Å². The molecule has 0 aromatic heterocycles. The molecular formula is C17H16BrF2N3O2. The Bertz CT molecular complexity index is 754. The number of carbonyl (C=O) groups is 2. The van der Waals surface area contributed by atoms with Gasteiger partial charge in [-0.3, -0.25) is 4.79 Å². The number of rotatable bonds is 6. The van der Waals surface area contributed by atoms with Crippen LogP contribution in [0, 0.1) is 11.6 Å². The number of nitrogens with one attached hydrogen (secondary N) is 3. The fourth-order valence-electron chi connectivity index (χ4n) is 1.94. The van der Waals surface area contributed by atoms with Crippen molar-refractivity contribution in [3.8, 4) is 0 Å². The summed E-state index contributed by atoms with van der Waals surface area (Å²) in [5.41, 5.74) is 1.33. The molecule has 5 nitrogen and oxygen atoms in total. The molecule has 3 amide bonds. The molecule has 0 atom stereocenters. The maximum Gasteiger partial charge on any atom is 0.315 e. The van der Waals surface area contributed by atoms with Crippen LogP contribution in [0.5, 0.6) is 0 Å². The van der Waals surface area contributed by atoms with Gasteiger partial charge in [0, 0.05) is 17.6 Å². The Balaban J connectivity index is 1.69. The molecule has 0 fully saturated rings. The molecule has 0 heterocycles. The van der Waals surface area contributed by atoms with Crippen molar-refractivity contribution in [1.29, 1.82) is 0 Å². The number of amides is 3. The zero-order chi connectivity index (χ0) is 18.2. The Morgan fingerprint density at radius 1 is 0.880 bits per heavy atom. The molecule has 0 aliphatic heterocycles. The molecule has 25 heavy (non-hydrogen) atoms. The first kappa shape index (κ1) is 18.9. The molecule has 0 bridgehead atoms. The highest BCUT2D eigenvalue weighted by Gasteiger charge is 2.07. The zero-order valence-electron chi connectivity index (χ0n) is 13.1. The number of hydrogen-bond acceptors (Lipinski definition) is 2. The van der Waals surface area contributed by atoms with E-state index in [4.69, 9.17) is 0 Å². The second-order valence-corrected chi connectivity index (χ2v) is 6.03. The summed E-state index contributed by atoms with van der Waals surface area (Å²) in [6.45, 7) is 0.127. The van der Waals surface area contributed by atoms with Gasteiger partial charge in [-0.1, -0.05) is 28.1 Å². The SMILES string of the molecule is O=C(CNC(=O)NCc1ccc(F)cc1)NCc1cc(F)ccc1Br. The van der Waals surface area contributed by atoms with Crippen molar-refractivity contribution in [2.45, 2.75) is 13.1 Å². The summed E-state index contributed by atoms with van der Waals surface area (Å²) in [7, 11) is 0. The molecule has 0 unspecified atom stereocenters. The lowest BCUT2D eigenvalue weighted by Gasteiger charge is -2.09. The van der Waals surface area contributed by atoms with Crippen LogP contribution in [-0.2, 0) is 17.9 Å². The van der Waals surface area contributed by atoms with E-state index in [2.05, 4.69) is 31.9 Å². The maximum atomic E-state index is 13.2. The van der Waals surface area contributed by atoms with E-state index >= 15 is 0 Å². The normalized spacial score (nSPS) is 10.2. The summed E-state index contributed by atoms with van der Waals surface area (Å²) in [4.78, 5) is 23.4. The van der Waals surface area contributed by atoms with Crippen LogP contribution in [0.2, 0.25) is 0 Å². The van der Waals surface area contributed by atoms with Crippen molar-refractivity contribution in [3.63, 3.8) is 0 Å². The van der Waals surface area contributed by atoms with Crippen molar-refractivity contribution in [2.75, 3.05) is 6.54 Å².